The van der Waals surface area contributed by atoms with E-state index < -0.39 is 12.2 Å². The van der Waals surface area contributed by atoms with Crippen molar-refractivity contribution in [1.29, 1.82) is 0 Å². The highest BCUT2D eigenvalue weighted by Gasteiger charge is 2.35. The van der Waals surface area contributed by atoms with Gasteiger partial charge in [0, 0.05) is 19.3 Å². The zero-order valence-electron chi connectivity index (χ0n) is 37.4. The Bertz CT molecular complexity index is 1150. The van der Waals surface area contributed by atoms with Gasteiger partial charge in [0.2, 0.25) is 0 Å². The molecule has 1 saturated carbocycles. The molecule has 0 aromatic carbocycles. The maximum atomic E-state index is 12.9. The van der Waals surface area contributed by atoms with E-state index in [0.29, 0.717) is 12.8 Å². The molecular weight excluding hydrogens is 725 g/mol. The summed E-state index contributed by atoms with van der Waals surface area (Å²) in [6, 6.07) is 0. The lowest BCUT2D eigenvalue weighted by Gasteiger charge is -2.21. The molecule has 58 heavy (non-hydrogen) atoms. The van der Waals surface area contributed by atoms with Crippen molar-refractivity contribution in [3.63, 3.8) is 0 Å². The first-order chi connectivity index (χ1) is 28.4. The van der Waals surface area contributed by atoms with E-state index in [1.807, 2.05) is 0 Å². The van der Waals surface area contributed by atoms with Crippen molar-refractivity contribution in [1.82, 2.24) is 0 Å². The molecule has 1 rings (SSSR count). The van der Waals surface area contributed by atoms with Crippen LogP contribution in [0.15, 0.2) is 60.8 Å². The van der Waals surface area contributed by atoms with E-state index >= 15 is 0 Å². The lowest BCUT2D eigenvalue weighted by molar-refractivity contribution is -0.167. The standard InChI is InChI=1S/C51H86O7/c1-4-7-10-12-14-16-18-20-22-24-26-28-30-32-35-38-49(53)56-43-46(44-57-51(55)42-45-40-41-48(52)47(45)37-34-9-6-3)58-50(54)39-36-33-31-29-27-25-23-21-19-17-15-13-11-8-5-2/h9,14-17,20-23,34,45-48,52H,4-8,10-13,18-19,24-33,35-44H2,1-3H3/b16-14-,17-15-,22-20-,23-21-,34-9-. The SMILES string of the molecule is CC/C=C\CC1C(O)CCC1CC(=O)OCC(COC(=O)CCCCCCC/C=C\C/C=C\CCCCC)OC(=O)CCCCCCC/C=C\C/C=C\CCCCC. The fourth-order valence-electron chi connectivity index (χ4n) is 7.39. The molecule has 7 heteroatoms. The second-order valence-electron chi connectivity index (χ2n) is 16.3. The normalized spacial score (nSPS) is 17.8. The number of allylic oxidation sites excluding steroid dienone is 10. The van der Waals surface area contributed by atoms with Crippen LogP contribution in [0.5, 0.6) is 0 Å². The summed E-state index contributed by atoms with van der Waals surface area (Å²) >= 11 is 0. The van der Waals surface area contributed by atoms with Crippen LogP contribution in [0.1, 0.15) is 207 Å². The minimum Gasteiger partial charge on any atom is -0.462 e. The summed E-state index contributed by atoms with van der Waals surface area (Å²) in [6.45, 7) is 6.25. The first-order valence-electron chi connectivity index (χ1n) is 23.8. The average molecular weight is 811 g/mol. The summed E-state index contributed by atoms with van der Waals surface area (Å²) in [6.07, 6.45) is 49.4. The maximum Gasteiger partial charge on any atom is 0.306 e. The molecule has 0 aromatic rings. The summed E-state index contributed by atoms with van der Waals surface area (Å²) < 4.78 is 16.8. The minimum atomic E-state index is -0.847. The lowest BCUT2D eigenvalue weighted by Crippen LogP contribution is -2.31. The van der Waals surface area contributed by atoms with E-state index in [9.17, 15) is 19.5 Å². The van der Waals surface area contributed by atoms with Crippen LogP contribution in [0.4, 0.5) is 0 Å². The zero-order chi connectivity index (χ0) is 42.2. The van der Waals surface area contributed by atoms with Gasteiger partial charge in [-0.2, -0.15) is 0 Å². The molecule has 4 atom stereocenters. The Morgan fingerprint density at radius 1 is 0.534 bits per heavy atom. The number of esters is 3. The van der Waals surface area contributed by atoms with Gasteiger partial charge in [0.25, 0.3) is 0 Å². The van der Waals surface area contributed by atoms with Crippen LogP contribution in [0.2, 0.25) is 0 Å². The number of carbonyl (C=O) groups excluding carboxylic acids is 3. The maximum absolute atomic E-state index is 12.9. The topological polar surface area (TPSA) is 99.1 Å². The fourth-order valence-corrected chi connectivity index (χ4v) is 7.39. The molecule has 1 aliphatic carbocycles. The van der Waals surface area contributed by atoms with Gasteiger partial charge >= 0.3 is 17.9 Å². The molecule has 1 fully saturated rings. The van der Waals surface area contributed by atoms with Crippen molar-refractivity contribution in [2.75, 3.05) is 13.2 Å². The Hall–Kier alpha value is -2.93. The van der Waals surface area contributed by atoms with E-state index in [2.05, 4.69) is 81.5 Å². The third-order valence-electron chi connectivity index (χ3n) is 11.0. The van der Waals surface area contributed by atoms with Crippen LogP contribution in [0.25, 0.3) is 0 Å². The number of carbonyl (C=O) groups is 3. The van der Waals surface area contributed by atoms with E-state index in [4.69, 9.17) is 14.2 Å². The first-order valence-corrected chi connectivity index (χ1v) is 23.8. The predicted molar refractivity (Wildman–Crippen MR) is 241 cm³/mol. The fraction of sp³-hybridized carbons (Fsp3) is 0.745. The molecule has 0 radical (unpaired) electrons. The number of ether oxygens (including phenoxy) is 3. The second kappa shape index (κ2) is 39.5. The van der Waals surface area contributed by atoms with Crippen LogP contribution in [-0.4, -0.2) is 48.4 Å². The Balaban J connectivity index is 2.42. The third kappa shape index (κ3) is 32.0. The molecule has 0 amide bonds. The van der Waals surface area contributed by atoms with Gasteiger partial charge in [0.15, 0.2) is 6.10 Å². The second-order valence-corrected chi connectivity index (χ2v) is 16.3. The lowest BCUT2D eigenvalue weighted by atomic mass is 9.89. The van der Waals surface area contributed by atoms with Gasteiger partial charge in [0.05, 0.1) is 6.10 Å². The van der Waals surface area contributed by atoms with Gasteiger partial charge in [-0.1, -0.05) is 146 Å². The van der Waals surface area contributed by atoms with E-state index in [1.54, 1.807) is 0 Å². The summed E-state index contributed by atoms with van der Waals surface area (Å²) in [5.74, 6) is -0.990. The summed E-state index contributed by atoms with van der Waals surface area (Å²) in [7, 11) is 0. The summed E-state index contributed by atoms with van der Waals surface area (Å²) in [5.41, 5.74) is 0. The Morgan fingerprint density at radius 2 is 1.00 bits per heavy atom. The molecule has 0 aromatic heterocycles. The molecule has 332 valence electrons. The van der Waals surface area contributed by atoms with E-state index in [0.717, 1.165) is 109 Å². The van der Waals surface area contributed by atoms with Gasteiger partial charge in [0.1, 0.15) is 13.2 Å². The van der Waals surface area contributed by atoms with Gasteiger partial charge in [-0.15, -0.1) is 0 Å². The van der Waals surface area contributed by atoms with E-state index in [1.165, 1.54) is 51.4 Å². The molecule has 0 bridgehead atoms. The van der Waals surface area contributed by atoms with Crippen LogP contribution in [-0.2, 0) is 28.6 Å². The van der Waals surface area contributed by atoms with Crippen molar-refractivity contribution in [3.8, 4) is 0 Å². The predicted octanol–water partition coefficient (Wildman–Crippen LogP) is 13.7. The van der Waals surface area contributed by atoms with Gasteiger partial charge < -0.3 is 19.3 Å². The quantitative estimate of drug-likeness (QED) is 0.0287. The molecule has 0 heterocycles. The number of hydrogen-bond acceptors (Lipinski definition) is 7. The van der Waals surface area contributed by atoms with Crippen molar-refractivity contribution in [2.24, 2.45) is 11.8 Å². The number of hydrogen-bond donors (Lipinski definition) is 1. The molecule has 4 unspecified atom stereocenters. The van der Waals surface area contributed by atoms with Crippen LogP contribution in [0.3, 0.4) is 0 Å². The third-order valence-corrected chi connectivity index (χ3v) is 11.0. The zero-order valence-corrected chi connectivity index (χ0v) is 37.4. The smallest absolute Gasteiger partial charge is 0.306 e. The van der Waals surface area contributed by atoms with Crippen molar-refractivity contribution < 1.29 is 33.7 Å². The number of aliphatic hydroxyl groups is 1. The largest absolute Gasteiger partial charge is 0.462 e. The van der Waals surface area contributed by atoms with Crippen LogP contribution in [0, 0.1) is 11.8 Å². The highest BCUT2D eigenvalue weighted by molar-refractivity contribution is 5.71. The highest BCUT2D eigenvalue weighted by Crippen LogP contribution is 2.37. The first kappa shape index (κ1) is 53.1. The number of rotatable bonds is 38. The van der Waals surface area contributed by atoms with Crippen molar-refractivity contribution in [3.05, 3.63) is 60.8 Å². The Kier molecular flexibility index (Phi) is 36.2. The molecule has 0 spiro atoms. The van der Waals surface area contributed by atoms with Crippen molar-refractivity contribution in [2.45, 2.75) is 219 Å². The van der Waals surface area contributed by atoms with Crippen LogP contribution < -0.4 is 0 Å². The molecule has 0 saturated heterocycles. The Morgan fingerprint density at radius 3 is 1.52 bits per heavy atom. The minimum absolute atomic E-state index is 0.0305. The highest BCUT2D eigenvalue weighted by atomic mass is 16.6. The van der Waals surface area contributed by atoms with Gasteiger partial charge in [-0.05, 0) is 115 Å². The average Bonchev–Trinajstić information content (AvgIpc) is 3.56. The van der Waals surface area contributed by atoms with Crippen molar-refractivity contribution >= 4 is 17.9 Å². The number of aliphatic hydroxyl groups excluding tert-OH is 1. The van der Waals surface area contributed by atoms with E-state index in [-0.39, 0.29) is 55.8 Å². The number of unbranched alkanes of at least 4 members (excludes halogenated alkanes) is 16. The summed E-state index contributed by atoms with van der Waals surface area (Å²) in [4.78, 5) is 38.4. The van der Waals surface area contributed by atoms with Crippen LogP contribution >= 0.6 is 0 Å². The van der Waals surface area contributed by atoms with Gasteiger partial charge in [-0.25, -0.2) is 0 Å². The molecule has 1 N–H and O–H groups in total. The Labute approximate surface area is 355 Å². The molecule has 0 aliphatic heterocycles. The van der Waals surface area contributed by atoms with Gasteiger partial charge in [-0.3, -0.25) is 14.4 Å². The molecule has 1 aliphatic rings. The molecule has 7 nitrogen and oxygen atoms in total. The monoisotopic (exact) mass is 811 g/mol. The summed E-state index contributed by atoms with van der Waals surface area (Å²) in [5, 5.41) is 10.5. The molecular formula is C51H86O7.